The summed E-state index contributed by atoms with van der Waals surface area (Å²) in [6.07, 6.45) is 1.65. The summed E-state index contributed by atoms with van der Waals surface area (Å²) in [4.78, 5) is 5.50. The number of nitrogens with one attached hydrogen (secondary N) is 2. The van der Waals surface area contributed by atoms with Crippen LogP contribution >= 0.6 is 0 Å². The van der Waals surface area contributed by atoms with Gasteiger partial charge in [-0.15, -0.1) is 6.42 Å². The molecule has 19 heavy (non-hydrogen) atoms. The van der Waals surface area contributed by atoms with Gasteiger partial charge in [0.05, 0.1) is 6.54 Å². The molecular weight excluding hydrogens is 257 g/mol. The van der Waals surface area contributed by atoms with Crippen molar-refractivity contribution >= 4 is 5.96 Å². The fraction of sp³-hybridized carbons (Fsp3) is 0.750. The second-order valence-electron chi connectivity index (χ2n) is 4.38. The number of terminal acetylenes is 1. The van der Waals surface area contributed by atoms with Gasteiger partial charge in [0.2, 0.25) is 0 Å². The molecule has 108 valence electrons. The zero-order valence-corrected chi connectivity index (χ0v) is 10.9. The van der Waals surface area contributed by atoms with E-state index in [4.69, 9.17) is 6.42 Å². The Balaban J connectivity index is 2.43. The normalized spacial score (nSPS) is 21.2. The largest absolute Gasteiger partial charge is 0.401 e. The molecule has 0 aromatic rings. The number of aliphatic imine (C=N–C) groups is 1. The van der Waals surface area contributed by atoms with Gasteiger partial charge in [0.25, 0.3) is 0 Å². The number of halogens is 3. The first-order valence-corrected chi connectivity index (χ1v) is 6.22. The lowest BCUT2D eigenvalue weighted by molar-refractivity contribution is -0.143. The van der Waals surface area contributed by atoms with E-state index in [0.717, 1.165) is 0 Å². The Bertz CT molecular complexity index is 346. The van der Waals surface area contributed by atoms with E-state index in [1.165, 1.54) is 4.90 Å². The highest BCUT2D eigenvalue weighted by molar-refractivity contribution is 5.80. The van der Waals surface area contributed by atoms with Crippen LogP contribution in [0.5, 0.6) is 0 Å². The van der Waals surface area contributed by atoms with Crippen LogP contribution in [0.2, 0.25) is 0 Å². The Morgan fingerprint density at radius 3 is 2.84 bits per heavy atom. The molecule has 1 aliphatic rings. The van der Waals surface area contributed by atoms with Crippen LogP contribution in [0.4, 0.5) is 13.2 Å². The molecule has 0 bridgehead atoms. The van der Waals surface area contributed by atoms with Crippen LogP contribution in [0.1, 0.15) is 13.3 Å². The second-order valence-corrected chi connectivity index (χ2v) is 4.38. The fourth-order valence-corrected chi connectivity index (χ4v) is 1.99. The number of likely N-dealkylation sites (tertiary alicyclic amines) is 1. The highest BCUT2D eigenvalue weighted by atomic mass is 19.4. The smallest absolute Gasteiger partial charge is 0.357 e. The minimum absolute atomic E-state index is 0.0297. The summed E-state index contributed by atoms with van der Waals surface area (Å²) in [5.41, 5.74) is 0. The molecule has 1 heterocycles. The van der Waals surface area contributed by atoms with Gasteiger partial charge in [-0.05, 0) is 13.3 Å². The van der Waals surface area contributed by atoms with Gasteiger partial charge in [0.15, 0.2) is 5.96 Å². The number of alkyl halides is 3. The molecule has 2 N–H and O–H groups in total. The summed E-state index contributed by atoms with van der Waals surface area (Å²) in [6.45, 7) is 2.77. The number of rotatable bonds is 4. The van der Waals surface area contributed by atoms with Gasteiger partial charge in [-0.25, -0.2) is 4.99 Å². The first kappa shape index (κ1) is 15.6. The Morgan fingerprint density at radius 1 is 1.53 bits per heavy atom. The third-order valence-electron chi connectivity index (χ3n) is 2.69. The predicted octanol–water partition coefficient (Wildman–Crippen LogP) is 0.811. The SMILES string of the molecule is C#CCN=C(NCC)NC1CCN(CC(F)(F)F)C1. The van der Waals surface area contributed by atoms with Crippen molar-refractivity contribution in [3.8, 4) is 12.3 Å². The summed E-state index contributed by atoms with van der Waals surface area (Å²) in [7, 11) is 0. The van der Waals surface area contributed by atoms with Crippen LogP contribution in [0, 0.1) is 12.3 Å². The highest BCUT2D eigenvalue weighted by Crippen LogP contribution is 2.19. The monoisotopic (exact) mass is 276 g/mol. The molecule has 1 atom stereocenters. The van der Waals surface area contributed by atoms with Crippen molar-refractivity contribution in [2.24, 2.45) is 4.99 Å². The van der Waals surface area contributed by atoms with Gasteiger partial charge in [0, 0.05) is 25.7 Å². The molecule has 7 heteroatoms. The zero-order valence-electron chi connectivity index (χ0n) is 10.9. The van der Waals surface area contributed by atoms with Gasteiger partial charge in [-0.2, -0.15) is 13.2 Å². The van der Waals surface area contributed by atoms with E-state index in [1.807, 2.05) is 6.92 Å². The van der Waals surface area contributed by atoms with Crippen LogP contribution in [-0.4, -0.2) is 55.8 Å². The Kier molecular flexibility index (Phi) is 5.96. The van der Waals surface area contributed by atoms with Crippen molar-refractivity contribution in [3.05, 3.63) is 0 Å². The average molecular weight is 276 g/mol. The topological polar surface area (TPSA) is 39.7 Å². The molecule has 1 rings (SSSR count). The fourth-order valence-electron chi connectivity index (χ4n) is 1.99. The first-order chi connectivity index (χ1) is 8.94. The van der Waals surface area contributed by atoms with E-state index in [2.05, 4.69) is 21.5 Å². The van der Waals surface area contributed by atoms with Gasteiger partial charge >= 0.3 is 6.18 Å². The second kappa shape index (κ2) is 7.24. The minimum atomic E-state index is -4.14. The zero-order chi connectivity index (χ0) is 14.3. The molecule has 1 unspecified atom stereocenters. The Labute approximate surface area is 111 Å². The van der Waals surface area contributed by atoms with Crippen molar-refractivity contribution in [1.82, 2.24) is 15.5 Å². The summed E-state index contributed by atoms with van der Waals surface area (Å²) in [5, 5.41) is 6.11. The van der Waals surface area contributed by atoms with E-state index in [1.54, 1.807) is 0 Å². The lowest BCUT2D eigenvalue weighted by atomic mass is 10.3. The molecule has 1 aliphatic heterocycles. The molecule has 0 aliphatic carbocycles. The predicted molar refractivity (Wildman–Crippen MR) is 68.8 cm³/mol. The van der Waals surface area contributed by atoms with Crippen molar-refractivity contribution in [2.45, 2.75) is 25.6 Å². The Morgan fingerprint density at radius 2 is 2.26 bits per heavy atom. The molecule has 4 nitrogen and oxygen atoms in total. The van der Waals surface area contributed by atoms with Crippen molar-refractivity contribution in [3.63, 3.8) is 0 Å². The van der Waals surface area contributed by atoms with E-state index < -0.39 is 12.7 Å². The van der Waals surface area contributed by atoms with Gasteiger partial charge in [0.1, 0.15) is 6.54 Å². The molecule has 0 aromatic heterocycles. The van der Waals surface area contributed by atoms with E-state index >= 15 is 0 Å². The third-order valence-corrected chi connectivity index (χ3v) is 2.69. The molecule has 0 amide bonds. The maximum absolute atomic E-state index is 12.3. The number of nitrogens with zero attached hydrogens (tertiary/aromatic N) is 2. The van der Waals surface area contributed by atoms with Crippen molar-refractivity contribution < 1.29 is 13.2 Å². The van der Waals surface area contributed by atoms with Crippen LogP contribution in [0.15, 0.2) is 4.99 Å². The van der Waals surface area contributed by atoms with Crippen molar-refractivity contribution in [2.75, 3.05) is 32.7 Å². The maximum atomic E-state index is 12.3. The van der Waals surface area contributed by atoms with Crippen LogP contribution in [-0.2, 0) is 0 Å². The van der Waals surface area contributed by atoms with Gasteiger partial charge < -0.3 is 10.6 Å². The summed E-state index contributed by atoms with van der Waals surface area (Å²) < 4.78 is 36.8. The van der Waals surface area contributed by atoms with E-state index in [-0.39, 0.29) is 12.6 Å². The standard InChI is InChI=1S/C12H19F3N4/c1-3-6-17-11(16-4-2)18-10-5-7-19(8-10)9-12(13,14)15/h1,10H,4-9H2,2H3,(H2,16,17,18). The van der Waals surface area contributed by atoms with Gasteiger partial charge in [-0.1, -0.05) is 5.92 Å². The quantitative estimate of drug-likeness (QED) is 0.453. The third kappa shape index (κ3) is 6.34. The van der Waals surface area contributed by atoms with Crippen LogP contribution in [0.25, 0.3) is 0 Å². The molecule has 0 aromatic carbocycles. The number of hydrogen-bond donors (Lipinski definition) is 2. The average Bonchev–Trinajstić information content (AvgIpc) is 2.71. The summed E-state index contributed by atoms with van der Waals surface area (Å²) in [5.74, 6) is 2.95. The number of hydrogen-bond acceptors (Lipinski definition) is 2. The van der Waals surface area contributed by atoms with Crippen LogP contribution < -0.4 is 10.6 Å². The lowest BCUT2D eigenvalue weighted by Gasteiger charge is -2.19. The Hall–Kier alpha value is -1.42. The minimum Gasteiger partial charge on any atom is -0.357 e. The molecule has 1 fully saturated rings. The van der Waals surface area contributed by atoms with Crippen LogP contribution in [0.3, 0.4) is 0 Å². The van der Waals surface area contributed by atoms with E-state index in [9.17, 15) is 13.2 Å². The molecule has 1 saturated heterocycles. The maximum Gasteiger partial charge on any atom is 0.401 e. The summed E-state index contributed by atoms with van der Waals surface area (Å²) >= 11 is 0. The van der Waals surface area contributed by atoms with E-state index in [0.29, 0.717) is 32.0 Å². The molecular formula is C12H19F3N4. The highest BCUT2D eigenvalue weighted by Gasteiger charge is 2.34. The van der Waals surface area contributed by atoms with Gasteiger partial charge in [-0.3, -0.25) is 4.90 Å². The summed E-state index contributed by atoms with van der Waals surface area (Å²) in [6, 6.07) is -0.0297. The lowest BCUT2D eigenvalue weighted by Crippen LogP contribution is -2.45. The molecule has 0 spiro atoms. The molecule has 0 saturated carbocycles. The molecule has 0 radical (unpaired) electrons. The number of guanidine groups is 1. The first-order valence-electron chi connectivity index (χ1n) is 6.22. The van der Waals surface area contributed by atoms with Crippen molar-refractivity contribution in [1.29, 1.82) is 0 Å².